The van der Waals surface area contributed by atoms with Crippen LogP contribution in [0, 0.1) is 37.6 Å². The van der Waals surface area contributed by atoms with Gasteiger partial charge < -0.3 is 14.8 Å². The number of hydrogen-bond donors (Lipinski definition) is 1. The molecular formula is C28H21IN4O3S. The van der Waals surface area contributed by atoms with E-state index in [4.69, 9.17) is 9.47 Å². The normalized spacial score (nSPS) is 12.5. The fourth-order valence-electron chi connectivity index (χ4n) is 4.13. The SMILES string of the molecule is COc1cc(C=C(C#N)C(=O)Nc2sc3c(c2C#N)CCCC3)cc(I)c1OCc1ccccc1C#N. The first kappa shape index (κ1) is 26.2. The topological polar surface area (TPSA) is 119 Å². The third-order valence-corrected chi connectivity index (χ3v) is 7.96. The van der Waals surface area contributed by atoms with Crippen molar-refractivity contribution in [2.75, 3.05) is 12.4 Å². The van der Waals surface area contributed by atoms with Crippen molar-refractivity contribution in [1.82, 2.24) is 0 Å². The molecule has 0 unspecified atom stereocenters. The number of carbonyl (C=O) groups is 1. The molecule has 4 rings (SSSR count). The van der Waals surface area contributed by atoms with Gasteiger partial charge in [0.25, 0.3) is 5.91 Å². The maximum atomic E-state index is 13.0. The number of nitriles is 3. The summed E-state index contributed by atoms with van der Waals surface area (Å²) < 4.78 is 12.2. The fourth-order valence-corrected chi connectivity index (χ4v) is 6.14. The number of thiophene rings is 1. The lowest BCUT2D eigenvalue weighted by molar-refractivity contribution is -0.112. The minimum absolute atomic E-state index is 0.0928. The molecule has 7 nitrogen and oxygen atoms in total. The number of nitrogens with one attached hydrogen (secondary N) is 1. The first-order chi connectivity index (χ1) is 18.0. The third kappa shape index (κ3) is 5.77. The molecule has 184 valence electrons. The Hall–Kier alpha value is -3.85. The highest BCUT2D eigenvalue weighted by Crippen LogP contribution is 2.38. The van der Waals surface area contributed by atoms with E-state index in [1.54, 1.807) is 24.3 Å². The smallest absolute Gasteiger partial charge is 0.266 e. The van der Waals surface area contributed by atoms with Crippen LogP contribution in [0.4, 0.5) is 5.00 Å². The number of ether oxygens (including phenoxy) is 2. The summed E-state index contributed by atoms with van der Waals surface area (Å²) in [4.78, 5) is 14.1. The quantitative estimate of drug-likeness (QED) is 0.194. The number of hydrogen-bond acceptors (Lipinski definition) is 7. The molecule has 0 saturated carbocycles. The number of rotatable bonds is 7. The highest BCUT2D eigenvalue weighted by atomic mass is 127. The Morgan fingerprint density at radius 1 is 1.16 bits per heavy atom. The lowest BCUT2D eigenvalue weighted by atomic mass is 9.96. The predicted molar refractivity (Wildman–Crippen MR) is 149 cm³/mol. The zero-order chi connectivity index (χ0) is 26.4. The van der Waals surface area contributed by atoms with Crippen LogP contribution in [0.25, 0.3) is 6.08 Å². The molecule has 37 heavy (non-hydrogen) atoms. The van der Waals surface area contributed by atoms with Gasteiger partial charge in [0.2, 0.25) is 0 Å². The van der Waals surface area contributed by atoms with Crippen molar-refractivity contribution in [3.8, 4) is 29.7 Å². The standard InChI is InChI=1S/C28H21IN4O3S/c1-35-24-12-17(11-23(29)26(24)36-16-19-7-3-2-6-18(19)13-30)10-20(14-31)27(34)33-28-22(15-32)21-8-4-5-9-25(21)37-28/h2-3,6-7,10-12H,4-5,8-9,16H2,1H3,(H,33,34). The van der Waals surface area contributed by atoms with Crippen LogP contribution < -0.4 is 14.8 Å². The number of methoxy groups -OCH3 is 1. The van der Waals surface area contributed by atoms with Crippen molar-refractivity contribution in [1.29, 1.82) is 15.8 Å². The highest BCUT2D eigenvalue weighted by molar-refractivity contribution is 14.1. The summed E-state index contributed by atoms with van der Waals surface area (Å²) in [6, 6.07) is 17.0. The van der Waals surface area contributed by atoms with E-state index in [0.717, 1.165) is 41.7 Å². The van der Waals surface area contributed by atoms with Crippen LogP contribution in [-0.2, 0) is 24.2 Å². The van der Waals surface area contributed by atoms with Gasteiger partial charge in [-0.1, -0.05) is 18.2 Å². The molecule has 0 radical (unpaired) electrons. The van der Waals surface area contributed by atoms with Crippen molar-refractivity contribution >= 4 is 50.9 Å². The second kappa shape index (κ2) is 11.9. The zero-order valence-corrected chi connectivity index (χ0v) is 22.9. The number of aryl methyl sites for hydroxylation is 1. The van der Waals surface area contributed by atoms with E-state index in [0.29, 0.717) is 36.8 Å². The average Bonchev–Trinajstić information content (AvgIpc) is 3.27. The Bertz CT molecular complexity index is 1520. The van der Waals surface area contributed by atoms with Gasteiger partial charge in [0, 0.05) is 10.4 Å². The van der Waals surface area contributed by atoms with Crippen LogP contribution in [0.5, 0.6) is 11.5 Å². The third-order valence-electron chi connectivity index (χ3n) is 5.95. The summed E-state index contributed by atoms with van der Waals surface area (Å²) in [5.41, 5.74) is 3.30. The van der Waals surface area contributed by atoms with Crippen LogP contribution >= 0.6 is 33.9 Å². The van der Waals surface area contributed by atoms with Crippen LogP contribution in [0.3, 0.4) is 0 Å². The monoisotopic (exact) mass is 620 g/mol. The number of anilines is 1. The molecule has 0 aliphatic heterocycles. The lowest BCUT2D eigenvalue weighted by Gasteiger charge is -2.14. The van der Waals surface area contributed by atoms with Gasteiger partial charge in [-0.2, -0.15) is 15.8 Å². The van der Waals surface area contributed by atoms with Crippen LogP contribution in [-0.4, -0.2) is 13.0 Å². The minimum Gasteiger partial charge on any atom is -0.493 e. The summed E-state index contributed by atoms with van der Waals surface area (Å²) in [5.74, 6) is 0.363. The molecule has 3 aromatic rings. The van der Waals surface area contributed by atoms with Gasteiger partial charge in [-0.05, 0) is 83.7 Å². The van der Waals surface area contributed by atoms with E-state index in [2.05, 4.69) is 40.0 Å². The number of nitrogens with zero attached hydrogens (tertiary/aromatic N) is 3. The van der Waals surface area contributed by atoms with E-state index in [1.165, 1.54) is 24.5 Å². The molecule has 0 atom stereocenters. The van der Waals surface area contributed by atoms with Crippen molar-refractivity contribution in [3.63, 3.8) is 0 Å². The summed E-state index contributed by atoms with van der Waals surface area (Å²) in [7, 11) is 1.51. The minimum atomic E-state index is -0.569. The van der Waals surface area contributed by atoms with Gasteiger partial charge in [-0.3, -0.25) is 4.79 Å². The molecule has 0 spiro atoms. The van der Waals surface area contributed by atoms with E-state index < -0.39 is 5.91 Å². The predicted octanol–water partition coefficient (Wildman–Crippen LogP) is 6.11. The molecule has 0 bridgehead atoms. The fraction of sp³-hybridized carbons (Fsp3) is 0.214. The summed E-state index contributed by atoms with van der Waals surface area (Å²) >= 11 is 3.52. The summed E-state index contributed by atoms with van der Waals surface area (Å²) in [6.07, 6.45) is 5.31. The molecular weight excluding hydrogens is 599 g/mol. The van der Waals surface area contributed by atoms with E-state index in [-0.39, 0.29) is 12.2 Å². The molecule has 1 aliphatic rings. The van der Waals surface area contributed by atoms with Crippen LogP contribution in [0.1, 0.15) is 45.5 Å². The van der Waals surface area contributed by atoms with Gasteiger partial charge in [0.15, 0.2) is 11.5 Å². The molecule has 0 fully saturated rings. The maximum Gasteiger partial charge on any atom is 0.266 e. The van der Waals surface area contributed by atoms with Crippen molar-refractivity contribution in [3.05, 3.63) is 78.2 Å². The Morgan fingerprint density at radius 3 is 2.68 bits per heavy atom. The van der Waals surface area contributed by atoms with Gasteiger partial charge in [-0.25, -0.2) is 0 Å². The Balaban J connectivity index is 1.57. The van der Waals surface area contributed by atoms with E-state index >= 15 is 0 Å². The van der Waals surface area contributed by atoms with Gasteiger partial charge >= 0.3 is 0 Å². The number of halogens is 1. The Morgan fingerprint density at radius 2 is 1.95 bits per heavy atom. The summed E-state index contributed by atoms with van der Waals surface area (Å²) in [5, 5.41) is 31.9. The van der Waals surface area contributed by atoms with Gasteiger partial charge in [-0.15, -0.1) is 11.3 Å². The van der Waals surface area contributed by atoms with E-state index in [1.807, 2.05) is 18.2 Å². The average molecular weight is 620 g/mol. The van der Waals surface area contributed by atoms with E-state index in [9.17, 15) is 20.6 Å². The molecule has 1 aromatic heterocycles. The van der Waals surface area contributed by atoms with Gasteiger partial charge in [0.1, 0.15) is 29.3 Å². The second-order valence-electron chi connectivity index (χ2n) is 8.24. The molecule has 0 saturated heterocycles. The molecule has 1 amide bonds. The lowest BCUT2D eigenvalue weighted by Crippen LogP contribution is -2.13. The first-order valence-corrected chi connectivity index (χ1v) is 13.3. The largest absolute Gasteiger partial charge is 0.493 e. The number of carbonyl (C=O) groups excluding carboxylic acids is 1. The number of amides is 1. The molecule has 1 N–H and O–H groups in total. The maximum absolute atomic E-state index is 13.0. The van der Waals surface area contributed by atoms with Gasteiger partial charge in [0.05, 0.1) is 27.9 Å². The molecule has 2 aromatic carbocycles. The second-order valence-corrected chi connectivity index (χ2v) is 10.5. The van der Waals surface area contributed by atoms with Crippen LogP contribution in [0.2, 0.25) is 0 Å². The molecule has 1 aliphatic carbocycles. The van der Waals surface area contributed by atoms with Crippen LogP contribution in [0.15, 0.2) is 42.0 Å². The molecule has 9 heteroatoms. The zero-order valence-electron chi connectivity index (χ0n) is 19.9. The number of benzene rings is 2. The summed E-state index contributed by atoms with van der Waals surface area (Å²) in [6.45, 7) is 0.184. The first-order valence-electron chi connectivity index (χ1n) is 11.4. The van der Waals surface area contributed by atoms with Crippen molar-refractivity contribution in [2.24, 2.45) is 0 Å². The van der Waals surface area contributed by atoms with Crippen molar-refractivity contribution in [2.45, 2.75) is 32.3 Å². The highest BCUT2D eigenvalue weighted by Gasteiger charge is 2.23. The molecule has 1 heterocycles. The Kier molecular flexibility index (Phi) is 8.45. The Labute approximate surface area is 232 Å². The van der Waals surface area contributed by atoms with Crippen molar-refractivity contribution < 1.29 is 14.3 Å². The number of fused-ring (bicyclic) bond motifs is 1.